The number of rotatable bonds is 5. The molecule has 0 amide bonds. The number of hydrogen-bond donors (Lipinski definition) is 0. The summed E-state index contributed by atoms with van der Waals surface area (Å²) in [7, 11) is 3.13. The number of fused-ring (bicyclic) bond motifs is 1. The van der Waals surface area contributed by atoms with Crippen LogP contribution in [0.4, 0.5) is 0 Å². The van der Waals surface area contributed by atoms with Crippen LogP contribution >= 0.6 is 0 Å². The third kappa shape index (κ3) is 2.26. The zero-order chi connectivity index (χ0) is 14.1. The van der Waals surface area contributed by atoms with E-state index in [1.165, 1.54) is 12.8 Å². The molecule has 1 atom stereocenters. The van der Waals surface area contributed by atoms with Crippen molar-refractivity contribution in [2.24, 2.45) is 5.92 Å². The van der Waals surface area contributed by atoms with Crippen LogP contribution < -0.4 is 14.2 Å². The third-order valence-corrected chi connectivity index (χ3v) is 3.83. The van der Waals surface area contributed by atoms with Gasteiger partial charge in [0.25, 0.3) is 0 Å². The van der Waals surface area contributed by atoms with Crippen molar-refractivity contribution in [2.75, 3.05) is 14.2 Å². The van der Waals surface area contributed by atoms with Gasteiger partial charge < -0.3 is 14.2 Å². The minimum absolute atomic E-state index is 0.0514. The molecular formula is C16H18O4. The van der Waals surface area contributed by atoms with Crippen LogP contribution in [0.25, 0.3) is 6.08 Å². The van der Waals surface area contributed by atoms with Crippen LogP contribution in [0.5, 0.6) is 17.2 Å². The minimum Gasteiger partial charge on any atom is -0.493 e. The van der Waals surface area contributed by atoms with Gasteiger partial charge in [0.15, 0.2) is 17.8 Å². The zero-order valence-corrected chi connectivity index (χ0v) is 11.7. The number of carbonyl (C=O) groups is 1. The van der Waals surface area contributed by atoms with Crippen molar-refractivity contribution in [1.82, 2.24) is 0 Å². The molecule has 3 rings (SSSR count). The van der Waals surface area contributed by atoms with Gasteiger partial charge in [0.1, 0.15) is 6.10 Å². The monoisotopic (exact) mass is 274 g/mol. The van der Waals surface area contributed by atoms with E-state index in [1.54, 1.807) is 20.3 Å². The van der Waals surface area contributed by atoms with Gasteiger partial charge in [-0.25, -0.2) is 0 Å². The second-order valence-corrected chi connectivity index (χ2v) is 5.26. The molecule has 1 saturated carbocycles. The predicted octanol–water partition coefficient (Wildman–Crippen LogP) is 3.09. The summed E-state index contributed by atoms with van der Waals surface area (Å²) in [6.45, 7) is 0. The van der Waals surface area contributed by atoms with E-state index in [0.717, 1.165) is 24.2 Å². The highest BCUT2D eigenvalue weighted by molar-refractivity contribution is 5.87. The highest BCUT2D eigenvalue weighted by atomic mass is 16.5. The van der Waals surface area contributed by atoms with Gasteiger partial charge in [-0.2, -0.15) is 0 Å². The third-order valence-electron chi connectivity index (χ3n) is 3.83. The van der Waals surface area contributed by atoms with Crippen molar-refractivity contribution >= 4 is 12.4 Å². The van der Waals surface area contributed by atoms with E-state index in [0.29, 0.717) is 22.8 Å². The van der Waals surface area contributed by atoms with Gasteiger partial charge in [-0.3, -0.25) is 4.79 Å². The van der Waals surface area contributed by atoms with Gasteiger partial charge in [-0.1, -0.05) is 18.9 Å². The molecule has 20 heavy (non-hydrogen) atoms. The van der Waals surface area contributed by atoms with Gasteiger partial charge in [-0.05, 0) is 24.5 Å². The first-order valence-corrected chi connectivity index (χ1v) is 6.85. The number of hydrogen-bond acceptors (Lipinski definition) is 4. The number of aldehydes is 1. The molecule has 4 nitrogen and oxygen atoms in total. The quantitative estimate of drug-likeness (QED) is 0.774. The van der Waals surface area contributed by atoms with Crippen molar-refractivity contribution in [3.63, 3.8) is 0 Å². The molecule has 4 heteroatoms. The lowest BCUT2D eigenvalue weighted by Gasteiger charge is -2.25. The summed E-state index contributed by atoms with van der Waals surface area (Å²) in [5.74, 6) is 2.46. The van der Waals surface area contributed by atoms with Crippen LogP contribution in [0.1, 0.15) is 35.2 Å². The Morgan fingerprint density at radius 3 is 2.75 bits per heavy atom. The van der Waals surface area contributed by atoms with Crippen molar-refractivity contribution < 1.29 is 19.0 Å². The van der Waals surface area contributed by atoms with E-state index in [4.69, 9.17) is 14.2 Å². The zero-order valence-electron chi connectivity index (χ0n) is 11.7. The normalized spacial score (nSPS) is 20.0. The van der Waals surface area contributed by atoms with Gasteiger partial charge >= 0.3 is 0 Å². The Kier molecular flexibility index (Phi) is 3.38. The van der Waals surface area contributed by atoms with Crippen molar-refractivity contribution in [3.8, 4) is 17.2 Å². The maximum atomic E-state index is 11.2. The summed E-state index contributed by atoms with van der Waals surface area (Å²) in [5, 5.41) is 0. The van der Waals surface area contributed by atoms with E-state index in [9.17, 15) is 4.79 Å². The second kappa shape index (κ2) is 5.19. The molecule has 106 valence electrons. The maximum absolute atomic E-state index is 11.2. The average Bonchev–Trinajstić information content (AvgIpc) is 3.29. The van der Waals surface area contributed by atoms with Gasteiger partial charge in [-0.15, -0.1) is 0 Å². The fraction of sp³-hybridized carbons (Fsp3) is 0.438. The van der Waals surface area contributed by atoms with Crippen LogP contribution in [-0.4, -0.2) is 26.6 Å². The molecule has 1 fully saturated rings. The molecule has 1 aliphatic carbocycles. The number of carbonyl (C=O) groups excluding carboxylic acids is 1. The topological polar surface area (TPSA) is 44.8 Å². The molecule has 0 radical (unpaired) electrons. The summed E-state index contributed by atoms with van der Waals surface area (Å²) in [6, 6.07) is 1.68. The smallest absolute Gasteiger partial charge is 0.203 e. The minimum atomic E-state index is 0.0514. The lowest BCUT2D eigenvalue weighted by molar-refractivity contribution is 0.112. The van der Waals surface area contributed by atoms with Crippen molar-refractivity contribution in [3.05, 3.63) is 23.3 Å². The van der Waals surface area contributed by atoms with Crippen LogP contribution in [0.2, 0.25) is 0 Å². The van der Waals surface area contributed by atoms with Crippen LogP contribution in [0.3, 0.4) is 0 Å². The Morgan fingerprint density at radius 2 is 2.15 bits per heavy atom. The number of benzene rings is 1. The molecule has 1 aromatic carbocycles. The summed E-state index contributed by atoms with van der Waals surface area (Å²) < 4.78 is 16.7. The molecule has 0 aromatic heterocycles. The molecule has 1 unspecified atom stereocenters. The standard InChI is InChI=1S/C16H18O4/c1-18-14-8-11(9-17)13-6-5-12(7-10-3-4-10)20-15(13)16(14)19-2/h5-6,8-10,12H,3-4,7H2,1-2H3. The first kappa shape index (κ1) is 13.0. The summed E-state index contributed by atoms with van der Waals surface area (Å²) >= 11 is 0. The van der Waals surface area contributed by atoms with E-state index in [-0.39, 0.29) is 6.10 Å². The Labute approximate surface area is 118 Å². The first-order valence-electron chi connectivity index (χ1n) is 6.85. The average molecular weight is 274 g/mol. The van der Waals surface area contributed by atoms with E-state index < -0.39 is 0 Å². The Hall–Kier alpha value is -1.97. The first-order chi connectivity index (χ1) is 9.76. The van der Waals surface area contributed by atoms with Crippen molar-refractivity contribution in [2.45, 2.75) is 25.4 Å². The summed E-state index contributed by atoms with van der Waals surface area (Å²) in [6.07, 6.45) is 8.44. The highest BCUT2D eigenvalue weighted by Crippen LogP contribution is 2.46. The van der Waals surface area contributed by atoms with Crippen LogP contribution in [0, 0.1) is 5.92 Å². The van der Waals surface area contributed by atoms with Gasteiger partial charge in [0, 0.05) is 11.1 Å². The predicted molar refractivity (Wildman–Crippen MR) is 75.7 cm³/mol. The Balaban J connectivity index is 2.01. The second-order valence-electron chi connectivity index (χ2n) is 5.26. The van der Waals surface area contributed by atoms with E-state index in [1.807, 2.05) is 12.2 Å². The largest absolute Gasteiger partial charge is 0.493 e. The molecule has 1 heterocycles. The number of ether oxygens (including phenoxy) is 3. The highest BCUT2D eigenvalue weighted by Gasteiger charge is 2.29. The van der Waals surface area contributed by atoms with Crippen LogP contribution in [-0.2, 0) is 0 Å². The maximum Gasteiger partial charge on any atom is 0.203 e. The SMILES string of the molecule is COc1cc(C=O)c2c(c1OC)OC(CC1CC1)C=C2. The lowest BCUT2D eigenvalue weighted by Crippen LogP contribution is -2.19. The summed E-state index contributed by atoms with van der Waals surface area (Å²) in [4.78, 5) is 11.2. The van der Waals surface area contributed by atoms with Crippen LogP contribution in [0.15, 0.2) is 12.1 Å². The molecule has 0 bridgehead atoms. The fourth-order valence-electron chi connectivity index (χ4n) is 2.58. The Bertz CT molecular complexity index is 558. The molecule has 1 aromatic rings. The molecule has 1 aliphatic heterocycles. The van der Waals surface area contributed by atoms with E-state index in [2.05, 4.69) is 0 Å². The molecular weight excluding hydrogens is 256 g/mol. The molecule has 0 saturated heterocycles. The van der Waals surface area contributed by atoms with Gasteiger partial charge in [0.05, 0.1) is 14.2 Å². The van der Waals surface area contributed by atoms with Gasteiger partial charge in [0.2, 0.25) is 5.75 Å². The summed E-state index contributed by atoms with van der Waals surface area (Å²) in [5.41, 5.74) is 1.32. The molecule has 0 N–H and O–H groups in total. The number of methoxy groups -OCH3 is 2. The Morgan fingerprint density at radius 1 is 1.35 bits per heavy atom. The fourth-order valence-corrected chi connectivity index (χ4v) is 2.58. The van der Waals surface area contributed by atoms with Crippen molar-refractivity contribution in [1.29, 1.82) is 0 Å². The van der Waals surface area contributed by atoms with E-state index >= 15 is 0 Å². The lowest BCUT2D eigenvalue weighted by atomic mass is 10.0. The molecule has 0 spiro atoms. The molecule has 2 aliphatic rings.